The number of fused-ring (bicyclic) bond motifs is 5. The predicted molar refractivity (Wildman–Crippen MR) is 302 cm³/mol. The van der Waals surface area contributed by atoms with Crippen molar-refractivity contribution in [1.29, 1.82) is 0 Å². The zero-order chi connectivity index (χ0) is 60.9. The average molecular weight is 1180 g/mol. The summed E-state index contributed by atoms with van der Waals surface area (Å²) < 4.78 is 40.2. The normalized spacial score (nSPS) is 28.1. The van der Waals surface area contributed by atoms with Crippen LogP contribution in [0.5, 0.6) is 5.75 Å². The van der Waals surface area contributed by atoms with E-state index in [-0.39, 0.29) is 81.6 Å². The fraction of sp³-hybridized carbons (Fsp3) is 0.603. The number of imide groups is 1. The van der Waals surface area contributed by atoms with E-state index >= 15 is 0 Å². The van der Waals surface area contributed by atoms with Crippen LogP contribution < -0.4 is 20.3 Å². The highest BCUT2D eigenvalue weighted by Gasteiger charge is 2.62. The number of benzene rings is 1. The second-order valence-corrected chi connectivity index (χ2v) is 22.5. The molecule has 3 N–H and O–H groups in total. The number of anilines is 1. The lowest BCUT2D eigenvalue weighted by atomic mass is 9.83. The first-order valence-corrected chi connectivity index (χ1v) is 28.2. The highest BCUT2D eigenvalue weighted by molar-refractivity contribution is 6.35. The minimum atomic E-state index is -1.84. The molecule has 0 spiro atoms. The van der Waals surface area contributed by atoms with Gasteiger partial charge in [0.15, 0.2) is 5.72 Å². The SMILES string of the molecule is COc1cc2cc(c1Cl)N(C)C(=O)C[C@H](OC(=O)[C@H](C)N(C)C(=O)CCOC(=O)N(C)CCN(C)C(=O)OC1/C=C/CC(OCC(=O)NCCN3C(=O)C=CC3=O)CCC1)[C@]1(C)C[C@H]1[C@H](C)[C@@H]1C[C@@](O)(NC(=O)O1)[C@H](OC)/C=C/C=C(\C)C2. The lowest BCUT2D eigenvalue weighted by Crippen LogP contribution is -2.63. The number of ether oxygens (including phenoxy) is 7. The van der Waals surface area contributed by atoms with Gasteiger partial charge in [0.1, 0.15) is 54.4 Å². The van der Waals surface area contributed by atoms with E-state index in [1.54, 1.807) is 37.4 Å². The van der Waals surface area contributed by atoms with Crippen LogP contribution in [0.2, 0.25) is 5.02 Å². The molecule has 2 fully saturated rings. The van der Waals surface area contributed by atoms with Crippen molar-refractivity contribution >= 4 is 71.1 Å². The molecule has 4 bridgehead atoms. The number of amides is 8. The van der Waals surface area contributed by atoms with Crippen LogP contribution in [0.1, 0.15) is 84.6 Å². The van der Waals surface area contributed by atoms with E-state index in [1.807, 2.05) is 32.9 Å². The summed E-state index contributed by atoms with van der Waals surface area (Å²) in [5, 5.41) is 17.3. The minimum Gasteiger partial charge on any atom is -0.495 e. The first-order chi connectivity index (χ1) is 39.3. The van der Waals surface area contributed by atoms with E-state index < -0.39 is 95.4 Å². The number of nitrogens with one attached hydrogen (secondary N) is 2. The third-order valence-electron chi connectivity index (χ3n) is 16.2. The van der Waals surface area contributed by atoms with Gasteiger partial charge in [-0.2, -0.15) is 0 Å². The zero-order valence-electron chi connectivity index (χ0n) is 49.0. The third-order valence-corrected chi connectivity index (χ3v) is 16.6. The van der Waals surface area contributed by atoms with Crippen LogP contribution in [-0.4, -0.2) is 203 Å². The molecule has 1 saturated heterocycles. The summed E-state index contributed by atoms with van der Waals surface area (Å²) in [6.07, 6.45) is 7.95. The number of hydrogen-bond acceptors (Lipinski definition) is 17. The summed E-state index contributed by atoms with van der Waals surface area (Å²) in [5.41, 5.74) is -0.639. The van der Waals surface area contributed by atoms with E-state index in [2.05, 4.69) is 10.6 Å². The number of nitrogens with zero attached hydrogens (tertiary/aromatic N) is 5. The molecule has 0 radical (unpaired) electrons. The number of hydrogen-bond donors (Lipinski definition) is 3. The molecule has 83 heavy (non-hydrogen) atoms. The molecule has 2 unspecified atom stereocenters. The predicted octanol–water partition coefficient (Wildman–Crippen LogP) is 4.84. The molecule has 8 amide bonds. The van der Waals surface area contributed by atoms with Gasteiger partial charge >= 0.3 is 24.2 Å². The van der Waals surface area contributed by atoms with Crippen LogP contribution in [0.3, 0.4) is 0 Å². The largest absolute Gasteiger partial charge is 0.495 e. The van der Waals surface area contributed by atoms with Gasteiger partial charge in [0.25, 0.3) is 11.8 Å². The minimum absolute atomic E-state index is 0.0382. The van der Waals surface area contributed by atoms with Gasteiger partial charge < -0.3 is 63.2 Å². The van der Waals surface area contributed by atoms with Crippen LogP contribution in [0.15, 0.2) is 60.2 Å². The number of alkyl carbamates (subject to hydrolysis) is 1. The van der Waals surface area contributed by atoms with Crippen molar-refractivity contribution in [2.75, 3.05) is 86.7 Å². The number of halogens is 1. The Balaban J connectivity index is 0.990. The van der Waals surface area contributed by atoms with Crippen molar-refractivity contribution in [1.82, 2.24) is 30.2 Å². The molecule has 1 aromatic rings. The van der Waals surface area contributed by atoms with Crippen molar-refractivity contribution in [3.05, 3.63) is 70.8 Å². The number of esters is 1. The molecule has 2 aliphatic carbocycles. The van der Waals surface area contributed by atoms with E-state index in [9.17, 15) is 48.3 Å². The van der Waals surface area contributed by atoms with E-state index in [0.717, 1.165) is 16.0 Å². The molecular formula is C58H80ClN7O17. The standard InChI is InChI=1S/C58H80ClN7O17/c1-35-14-11-19-45(78-10)58(76)33-44(82-54(73)61-58)36(2)41-32-57(41,4)46(31-51(71)65(8)42-29-38(28-35)30-43(77-9)52(42)59)83-53(72)37(3)64(7)48(68)22-27-79-55(74)62(5)25-26-63(6)56(75)81-40-17-12-15-39(16-13-18-40)80-34-47(67)60-23-24-66-49(69)20-21-50(66)70/h11-12,14,17,19-21,29-30,36-37,39-41,44-46,76H,13,15-16,18,22-28,31-34H2,1-10H3,(H,60,67)(H,61,73)/b17-12+,19-11+,35-14+/t36-,37-,39?,40?,41-,44-,45+,46-,57+,58-/m0/s1. The molecule has 10 atom stereocenters. The second kappa shape index (κ2) is 29.0. The number of carbonyl (C=O) groups is 9. The maximum absolute atomic E-state index is 14.4. The zero-order valence-corrected chi connectivity index (χ0v) is 49.8. The number of rotatable bonds is 18. The van der Waals surface area contributed by atoms with Crippen molar-refractivity contribution in [2.24, 2.45) is 17.3 Å². The summed E-state index contributed by atoms with van der Waals surface area (Å²) in [5.74, 6) is -3.32. The number of aliphatic hydroxyl groups is 1. The maximum Gasteiger partial charge on any atom is 0.410 e. The van der Waals surface area contributed by atoms with Gasteiger partial charge in [-0.05, 0) is 88.0 Å². The Bertz CT molecular complexity index is 2700. The molecular weight excluding hydrogens is 1100 g/mol. The molecule has 3 aliphatic heterocycles. The van der Waals surface area contributed by atoms with Gasteiger partial charge in [-0.3, -0.25) is 34.2 Å². The fourth-order valence-electron chi connectivity index (χ4n) is 10.6. The smallest absolute Gasteiger partial charge is 0.410 e. The first kappa shape index (κ1) is 65.1. The van der Waals surface area contributed by atoms with E-state index in [1.165, 1.54) is 74.0 Å². The number of likely N-dealkylation sites (N-methyl/N-ethyl adjacent to an activating group) is 3. The monoisotopic (exact) mass is 1180 g/mol. The molecule has 456 valence electrons. The number of allylic oxidation sites excluding steroid dienone is 3. The van der Waals surface area contributed by atoms with Crippen molar-refractivity contribution in [3.8, 4) is 5.75 Å². The van der Waals surface area contributed by atoms with Crippen LogP contribution >= 0.6 is 11.6 Å². The molecule has 1 aromatic carbocycles. The number of carbonyl (C=O) groups excluding carboxylic acids is 9. The Labute approximate surface area is 489 Å². The van der Waals surface area contributed by atoms with Crippen molar-refractivity contribution in [3.63, 3.8) is 0 Å². The average Bonchev–Trinajstić information content (AvgIpc) is 3.94. The molecule has 3 heterocycles. The van der Waals surface area contributed by atoms with Gasteiger partial charge in [-0.1, -0.05) is 55.3 Å². The second-order valence-electron chi connectivity index (χ2n) is 22.2. The highest BCUT2D eigenvalue weighted by Crippen LogP contribution is 2.61. The van der Waals surface area contributed by atoms with E-state index in [4.69, 9.17) is 44.8 Å². The molecule has 1 saturated carbocycles. The first-order valence-electron chi connectivity index (χ1n) is 27.8. The Morgan fingerprint density at radius 2 is 1.67 bits per heavy atom. The summed E-state index contributed by atoms with van der Waals surface area (Å²) in [7, 11) is 8.89. The third kappa shape index (κ3) is 17.1. The van der Waals surface area contributed by atoms with Crippen LogP contribution in [0.4, 0.5) is 20.1 Å². The molecule has 5 aliphatic rings. The molecule has 25 heteroatoms. The van der Waals surface area contributed by atoms with Gasteiger partial charge in [0, 0.05) is 85.5 Å². The maximum atomic E-state index is 14.4. The van der Waals surface area contributed by atoms with Crippen LogP contribution in [0, 0.1) is 17.3 Å². The Morgan fingerprint density at radius 3 is 2.36 bits per heavy atom. The lowest BCUT2D eigenvalue weighted by molar-refractivity contribution is -0.163. The lowest BCUT2D eigenvalue weighted by Gasteiger charge is -2.42. The fourth-order valence-corrected chi connectivity index (χ4v) is 10.9. The Morgan fingerprint density at radius 1 is 0.976 bits per heavy atom. The summed E-state index contributed by atoms with van der Waals surface area (Å²) in [6.45, 7) is 6.96. The summed E-state index contributed by atoms with van der Waals surface area (Å²) in [6, 6.07) is 2.41. The quantitative estimate of drug-likeness (QED) is 0.0768. The molecule has 6 rings (SSSR count). The topological polar surface area (TPSA) is 279 Å². The van der Waals surface area contributed by atoms with Gasteiger partial charge in [0.05, 0.1) is 31.7 Å². The van der Waals surface area contributed by atoms with Gasteiger partial charge in [0.2, 0.25) is 17.7 Å². The van der Waals surface area contributed by atoms with Crippen molar-refractivity contribution < 1.29 is 81.4 Å². The summed E-state index contributed by atoms with van der Waals surface area (Å²) in [4.78, 5) is 123. The Hall–Kier alpha value is -7.02. The van der Waals surface area contributed by atoms with Gasteiger partial charge in [-0.25, -0.2) is 19.2 Å². The van der Waals surface area contributed by atoms with Crippen LogP contribution in [0.25, 0.3) is 0 Å². The van der Waals surface area contributed by atoms with Crippen LogP contribution in [-0.2, 0) is 63.6 Å². The number of methoxy groups -OCH3 is 2. The molecule has 0 aromatic heterocycles. The highest BCUT2D eigenvalue weighted by atomic mass is 35.5. The van der Waals surface area contributed by atoms with Crippen molar-refractivity contribution in [2.45, 2.75) is 128 Å². The van der Waals surface area contributed by atoms with E-state index in [0.29, 0.717) is 50.0 Å². The van der Waals surface area contributed by atoms with Gasteiger partial charge in [-0.15, -0.1) is 0 Å². The summed E-state index contributed by atoms with van der Waals surface area (Å²) >= 11 is 6.84. The Kier molecular flexibility index (Phi) is 22.8. The molecule has 24 nitrogen and oxygen atoms in total.